The molecule has 120 valence electrons. The molecule has 0 fully saturated rings. The second-order valence-corrected chi connectivity index (χ2v) is 5.83. The molecule has 0 saturated heterocycles. The number of rotatable bonds is 5. The number of ether oxygens (including phenoxy) is 3. The lowest BCUT2D eigenvalue weighted by molar-refractivity contribution is -0.121. The highest BCUT2D eigenvalue weighted by Crippen LogP contribution is 2.42. The number of nitrogens with one attached hydrogen (secondary N) is 1. The Labute approximate surface area is 142 Å². The van der Waals surface area contributed by atoms with Crippen molar-refractivity contribution in [2.75, 3.05) is 25.1 Å². The molecule has 0 atom stereocenters. The maximum absolute atomic E-state index is 12.0. The van der Waals surface area contributed by atoms with Crippen molar-refractivity contribution in [1.29, 1.82) is 0 Å². The first-order chi connectivity index (χ1) is 11.2. The van der Waals surface area contributed by atoms with Gasteiger partial charge < -0.3 is 19.5 Å². The van der Waals surface area contributed by atoms with E-state index in [-0.39, 0.29) is 12.5 Å². The van der Waals surface area contributed by atoms with Crippen LogP contribution >= 0.6 is 15.9 Å². The van der Waals surface area contributed by atoms with E-state index in [4.69, 9.17) is 14.2 Å². The molecular formula is C17H16BrNO4. The predicted molar refractivity (Wildman–Crippen MR) is 89.9 cm³/mol. The minimum atomic E-state index is -0.236. The molecular weight excluding hydrogens is 362 g/mol. The van der Waals surface area contributed by atoms with Gasteiger partial charge >= 0.3 is 0 Å². The number of hydrogen-bond donors (Lipinski definition) is 1. The Morgan fingerprint density at radius 2 is 1.83 bits per heavy atom. The topological polar surface area (TPSA) is 56.8 Å². The highest BCUT2D eigenvalue weighted by atomic mass is 79.9. The summed E-state index contributed by atoms with van der Waals surface area (Å²) in [5.41, 5.74) is 1.61. The van der Waals surface area contributed by atoms with Gasteiger partial charge in [0.2, 0.25) is 5.91 Å². The maximum atomic E-state index is 12.0. The average Bonchev–Trinajstić information content (AvgIpc) is 2.59. The van der Waals surface area contributed by atoms with Crippen molar-refractivity contribution < 1.29 is 19.0 Å². The Bertz CT molecular complexity index is 690. The average molecular weight is 378 g/mol. The van der Waals surface area contributed by atoms with Crippen molar-refractivity contribution in [3.63, 3.8) is 0 Å². The molecule has 0 radical (unpaired) electrons. The van der Waals surface area contributed by atoms with Crippen LogP contribution in [0.25, 0.3) is 0 Å². The fourth-order valence-corrected chi connectivity index (χ4v) is 2.65. The summed E-state index contributed by atoms with van der Waals surface area (Å²) in [4.78, 5) is 12.0. The SMILES string of the molecule is O=C(COCc1ccccc1)Nc1ccc(Br)c2c1OCCO2. The first-order valence-electron chi connectivity index (χ1n) is 7.23. The van der Waals surface area contributed by atoms with Crippen LogP contribution in [0.2, 0.25) is 0 Å². The smallest absolute Gasteiger partial charge is 0.250 e. The van der Waals surface area contributed by atoms with Crippen LogP contribution in [-0.4, -0.2) is 25.7 Å². The van der Waals surface area contributed by atoms with Gasteiger partial charge in [-0.3, -0.25) is 4.79 Å². The van der Waals surface area contributed by atoms with Gasteiger partial charge in [-0.25, -0.2) is 0 Å². The summed E-state index contributed by atoms with van der Waals surface area (Å²) in [7, 11) is 0. The second kappa shape index (κ2) is 7.48. The Morgan fingerprint density at radius 1 is 1.09 bits per heavy atom. The van der Waals surface area contributed by atoms with Gasteiger partial charge in [-0.15, -0.1) is 0 Å². The van der Waals surface area contributed by atoms with E-state index in [9.17, 15) is 4.79 Å². The Balaban J connectivity index is 1.58. The standard InChI is InChI=1S/C17H16BrNO4/c18-13-6-7-14(17-16(13)22-8-9-23-17)19-15(20)11-21-10-12-4-2-1-3-5-12/h1-7H,8-11H2,(H,19,20). The number of hydrogen-bond acceptors (Lipinski definition) is 4. The summed E-state index contributed by atoms with van der Waals surface area (Å²) >= 11 is 3.41. The van der Waals surface area contributed by atoms with Gasteiger partial charge in [0.05, 0.1) is 16.8 Å². The molecule has 0 aromatic heterocycles. The minimum absolute atomic E-state index is 0.0272. The Kier molecular flexibility index (Phi) is 5.15. The Morgan fingerprint density at radius 3 is 2.61 bits per heavy atom. The number of benzene rings is 2. The molecule has 2 aromatic carbocycles. The van der Waals surface area contributed by atoms with Crippen molar-refractivity contribution in [2.45, 2.75) is 6.61 Å². The van der Waals surface area contributed by atoms with Crippen LogP contribution < -0.4 is 14.8 Å². The van der Waals surface area contributed by atoms with Crippen molar-refractivity contribution in [3.05, 3.63) is 52.5 Å². The van der Waals surface area contributed by atoms with Gasteiger partial charge in [-0.2, -0.15) is 0 Å². The van der Waals surface area contributed by atoms with Gasteiger partial charge in [0.1, 0.15) is 19.8 Å². The number of anilines is 1. The lowest BCUT2D eigenvalue weighted by Gasteiger charge is -2.22. The van der Waals surface area contributed by atoms with E-state index in [1.807, 2.05) is 36.4 Å². The third kappa shape index (κ3) is 4.03. The van der Waals surface area contributed by atoms with Crippen LogP contribution in [0.3, 0.4) is 0 Å². The number of amides is 1. The fraction of sp³-hybridized carbons (Fsp3) is 0.235. The molecule has 3 rings (SSSR count). The first-order valence-corrected chi connectivity index (χ1v) is 8.03. The van der Waals surface area contributed by atoms with Gasteiger partial charge in [0.25, 0.3) is 0 Å². The highest BCUT2D eigenvalue weighted by molar-refractivity contribution is 9.10. The summed E-state index contributed by atoms with van der Waals surface area (Å²) in [5.74, 6) is 0.918. The third-order valence-corrected chi connectivity index (χ3v) is 3.88. The van der Waals surface area contributed by atoms with E-state index in [1.54, 1.807) is 6.07 Å². The quantitative estimate of drug-likeness (QED) is 0.867. The van der Waals surface area contributed by atoms with Crippen LogP contribution in [0.5, 0.6) is 11.5 Å². The first kappa shape index (κ1) is 15.8. The number of carbonyl (C=O) groups excluding carboxylic acids is 1. The molecule has 1 aliphatic heterocycles. The minimum Gasteiger partial charge on any atom is -0.485 e. The van der Waals surface area contributed by atoms with Crippen molar-refractivity contribution in [3.8, 4) is 11.5 Å². The van der Waals surface area contributed by atoms with E-state index in [1.165, 1.54) is 0 Å². The van der Waals surface area contributed by atoms with Crippen LogP contribution in [0.15, 0.2) is 46.9 Å². The van der Waals surface area contributed by atoms with Crippen LogP contribution in [-0.2, 0) is 16.1 Å². The van der Waals surface area contributed by atoms with Gasteiger partial charge in [0.15, 0.2) is 11.5 Å². The Hall–Kier alpha value is -2.05. The zero-order valence-electron chi connectivity index (χ0n) is 12.4. The molecule has 2 aromatic rings. The van der Waals surface area contributed by atoms with Crippen LogP contribution in [0.1, 0.15) is 5.56 Å². The van der Waals surface area contributed by atoms with Gasteiger partial charge in [0, 0.05) is 0 Å². The molecule has 1 heterocycles. The summed E-state index contributed by atoms with van der Waals surface area (Å²) < 4.78 is 17.4. The summed E-state index contributed by atoms with van der Waals surface area (Å²) in [6.07, 6.45) is 0. The van der Waals surface area contributed by atoms with E-state index < -0.39 is 0 Å². The van der Waals surface area contributed by atoms with E-state index in [0.29, 0.717) is 37.0 Å². The zero-order valence-corrected chi connectivity index (χ0v) is 14.0. The third-order valence-electron chi connectivity index (χ3n) is 3.26. The van der Waals surface area contributed by atoms with Gasteiger partial charge in [-0.1, -0.05) is 30.3 Å². The molecule has 5 nitrogen and oxygen atoms in total. The molecule has 0 unspecified atom stereocenters. The summed E-state index contributed by atoms with van der Waals surface area (Å²) in [6.45, 7) is 1.31. The normalized spacial score (nSPS) is 12.7. The monoisotopic (exact) mass is 377 g/mol. The lowest BCUT2D eigenvalue weighted by atomic mass is 10.2. The van der Waals surface area contributed by atoms with E-state index in [2.05, 4.69) is 21.2 Å². The zero-order chi connectivity index (χ0) is 16.1. The molecule has 1 aliphatic rings. The number of halogens is 1. The predicted octanol–water partition coefficient (Wildman–Crippen LogP) is 3.38. The lowest BCUT2D eigenvalue weighted by Crippen LogP contribution is -2.21. The maximum Gasteiger partial charge on any atom is 0.250 e. The summed E-state index contributed by atoms with van der Waals surface area (Å²) in [6, 6.07) is 13.3. The van der Waals surface area contributed by atoms with E-state index >= 15 is 0 Å². The molecule has 1 amide bonds. The van der Waals surface area contributed by atoms with Crippen molar-refractivity contribution >= 4 is 27.5 Å². The van der Waals surface area contributed by atoms with Gasteiger partial charge in [-0.05, 0) is 33.6 Å². The summed E-state index contributed by atoms with van der Waals surface area (Å²) in [5, 5.41) is 2.79. The molecule has 23 heavy (non-hydrogen) atoms. The highest BCUT2D eigenvalue weighted by Gasteiger charge is 2.20. The molecule has 1 N–H and O–H groups in total. The van der Waals surface area contributed by atoms with Crippen LogP contribution in [0, 0.1) is 0 Å². The van der Waals surface area contributed by atoms with Crippen molar-refractivity contribution in [2.24, 2.45) is 0 Å². The molecule has 0 aliphatic carbocycles. The number of carbonyl (C=O) groups is 1. The molecule has 6 heteroatoms. The van der Waals surface area contributed by atoms with Crippen LogP contribution in [0.4, 0.5) is 5.69 Å². The fourth-order valence-electron chi connectivity index (χ4n) is 2.22. The van der Waals surface area contributed by atoms with E-state index in [0.717, 1.165) is 10.0 Å². The molecule has 0 bridgehead atoms. The van der Waals surface area contributed by atoms with Crippen molar-refractivity contribution in [1.82, 2.24) is 0 Å². The molecule has 0 spiro atoms. The second-order valence-electron chi connectivity index (χ2n) is 4.98. The molecule has 0 saturated carbocycles. The largest absolute Gasteiger partial charge is 0.485 e. The number of fused-ring (bicyclic) bond motifs is 1.